The zero-order chi connectivity index (χ0) is 22.4. The summed E-state index contributed by atoms with van der Waals surface area (Å²) < 4.78 is 14.5. The zero-order valence-electron chi connectivity index (χ0n) is 18.4. The minimum absolute atomic E-state index is 0.200. The second-order valence-corrected chi connectivity index (χ2v) is 10.1. The van der Waals surface area contributed by atoms with Gasteiger partial charge in [0.2, 0.25) is 11.9 Å². The van der Waals surface area contributed by atoms with E-state index in [2.05, 4.69) is 55.5 Å². The van der Waals surface area contributed by atoms with Crippen LogP contribution in [0.2, 0.25) is 0 Å². The number of hydrogen-bond donors (Lipinski definition) is 0. The van der Waals surface area contributed by atoms with Crippen molar-refractivity contribution in [2.75, 3.05) is 37.6 Å². The number of anilines is 1. The van der Waals surface area contributed by atoms with Crippen LogP contribution in [0, 0.1) is 5.82 Å². The van der Waals surface area contributed by atoms with E-state index in [4.69, 9.17) is 0 Å². The van der Waals surface area contributed by atoms with Crippen LogP contribution in [0.3, 0.4) is 0 Å². The van der Waals surface area contributed by atoms with Crippen molar-refractivity contribution >= 4 is 38.9 Å². The molecule has 2 aromatic heterocycles. The summed E-state index contributed by atoms with van der Waals surface area (Å²) in [7, 11) is 0. The van der Waals surface area contributed by atoms with Crippen molar-refractivity contribution in [3.63, 3.8) is 0 Å². The number of thiophene rings is 1. The molecule has 8 heteroatoms. The van der Waals surface area contributed by atoms with E-state index >= 15 is 0 Å². The van der Waals surface area contributed by atoms with Crippen molar-refractivity contribution in [3.8, 4) is 0 Å². The molecule has 2 unspecified atom stereocenters. The van der Waals surface area contributed by atoms with Gasteiger partial charge in [0.15, 0.2) is 5.82 Å². The van der Waals surface area contributed by atoms with E-state index < -0.39 is 5.82 Å². The lowest BCUT2D eigenvalue weighted by atomic mass is 9.99. The van der Waals surface area contributed by atoms with Gasteiger partial charge in [0.25, 0.3) is 0 Å². The first-order chi connectivity index (χ1) is 16.2. The Morgan fingerprint density at radius 2 is 1.88 bits per heavy atom. The topological polar surface area (TPSA) is 52.6 Å². The number of nitrogens with zero attached hydrogens (tertiary/aromatic N) is 5. The smallest absolute Gasteiger partial charge is 0.237 e. The first-order valence-electron chi connectivity index (χ1n) is 11.6. The Hall–Kier alpha value is -2.84. The number of fused-ring (bicyclic) bond motifs is 3. The van der Waals surface area contributed by atoms with Crippen molar-refractivity contribution in [2.24, 2.45) is 0 Å². The molecule has 170 valence electrons. The van der Waals surface area contributed by atoms with Crippen LogP contribution in [0.5, 0.6) is 0 Å². The highest BCUT2D eigenvalue weighted by molar-refractivity contribution is 7.17. The lowest BCUT2D eigenvalue weighted by molar-refractivity contribution is -0.132. The summed E-state index contributed by atoms with van der Waals surface area (Å²) in [6, 6.07) is 9.08. The molecule has 2 bridgehead atoms. The van der Waals surface area contributed by atoms with Gasteiger partial charge in [0.1, 0.15) is 0 Å². The Morgan fingerprint density at radius 3 is 2.61 bits per heavy atom. The third-order valence-corrected chi connectivity index (χ3v) is 8.11. The number of aromatic nitrogens is 2. The number of carbonyl (C=O) groups is 1. The highest BCUT2D eigenvalue weighted by Crippen LogP contribution is 2.35. The lowest BCUT2D eigenvalue weighted by Crippen LogP contribution is -2.56. The van der Waals surface area contributed by atoms with Gasteiger partial charge in [-0.1, -0.05) is 24.3 Å². The Bertz CT molecular complexity index is 1190. The summed E-state index contributed by atoms with van der Waals surface area (Å²) in [5.41, 5.74) is 2.67. The van der Waals surface area contributed by atoms with Gasteiger partial charge in [-0.15, -0.1) is 11.3 Å². The van der Waals surface area contributed by atoms with Gasteiger partial charge in [0, 0.05) is 43.0 Å². The van der Waals surface area contributed by atoms with Gasteiger partial charge in [-0.05, 0) is 47.2 Å². The fourth-order valence-corrected chi connectivity index (χ4v) is 6.53. The maximum absolute atomic E-state index is 13.2. The molecule has 6 nitrogen and oxygen atoms in total. The molecule has 2 fully saturated rings. The minimum Gasteiger partial charge on any atom is -0.338 e. The molecule has 2 atom stereocenters. The third-order valence-electron chi connectivity index (χ3n) is 7.14. The number of benzene rings is 1. The molecule has 3 aliphatic heterocycles. The quantitative estimate of drug-likeness (QED) is 0.589. The summed E-state index contributed by atoms with van der Waals surface area (Å²) in [5.74, 6) is 0.386. The maximum atomic E-state index is 13.2. The van der Waals surface area contributed by atoms with Crippen LogP contribution >= 0.6 is 11.3 Å². The molecule has 1 amide bonds. The molecule has 0 aliphatic carbocycles. The number of hydrogen-bond acceptors (Lipinski definition) is 6. The molecule has 0 radical (unpaired) electrons. The Morgan fingerprint density at radius 1 is 1.12 bits per heavy atom. The number of rotatable bonds is 4. The van der Waals surface area contributed by atoms with Crippen LogP contribution in [0.1, 0.15) is 24.8 Å². The normalized spacial score (nSPS) is 23.2. The Balaban J connectivity index is 1.08. The van der Waals surface area contributed by atoms with Crippen LogP contribution in [0.15, 0.2) is 48.1 Å². The Labute approximate surface area is 196 Å². The van der Waals surface area contributed by atoms with Crippen LogP contribution in [-0.2, 0) is 4.79 Å². The predicted molar refractivity (Wildman–Crippen MR) is 129 cm³/mol. The van der Waals surface area contributed by atoms with E-state index in [9.17, 15) is 9.18 Å². The van der Waals surface area contributed by atoms with Gasteiger partial charge in [0.05, 0.1) is 18.9 Å². The summed E-state index contributed by atoms with van der Waals surface area (Å²) in [6.07, 6.45) is 7.70. The molecule has 0 spiro atoms. The van der Waals surface area contributed by atoms with E-state index in [0.29, 0.717) is 19.0 Å². The molecule has 3 aromatic rings. The van der Waals surface area contributed by atoms with E-state index in [1.165, 1.54) is 33.6 Å². The minimum atomic E-state index is -0.416. The fourth-order valence-electron chi connectivity index (χ4n) is 5.54. The van der Waals surface area contributed by atoms with Crippen molar-refractivity contribution in [3.05, 3.63) is 59.5 Å². The van der Waals surface area contributed by atoms with Crippen molar-refractivity contribution in [1.82, 2.24) is 19.8 Å². The molecule has 33 heavy (non-hydrogen) atoms. The second kappa shape index (κ2) is 8.50. The van der Waals surface area contributed by atoms with Crippen molar-refractivity contribution < 1.29 is 9.18 Å². The van der Waals surface area contributed by atoms with E-state index in [1.54, 1.807) is 11.3 Å². The largest absolute Gasteiger partial charge is 0.338 e. The average molecular weight is 464 g/mol. The average Bonchev–Trinajstić information content (AvgIpc) is 3.38. The Kier molecular flexibility index (Phi) is 5.34. The van der Waals surface area contributed by atoms with Crippen LogP contribution in [0.25, 0.3) is 15.7 Å². The fraction of sp³-hybridized carbons (Fsp3) is 0.400. The van der Waals surface area contributed by atoms with Gasteiger partial charge in [-0.3, -0.25) is 9.69 Å². The van der Waals surface area contributed by atoms with E-state index in [1.807, 2.05) is 4.90 Å². The van der Waals surface area contributed by atoms with Crippen LogP contribution in [-0.4, -0.2) is 70.5 Å². The molecule has 5 heterocycles. The summed E-state index contributed by atoms with van der Waals surface area (Å²) in [4.78, 5) is 27.9. The number of carbonyl (C=O) groups excluding carboxylic acids is 1. The van der Waals surface area contributed by atoms with Gasteiger partial charge in [-0.2, -0.15) is 0 Å². The number of amides is 1. The van der Waals surface area contributed by atoms with Gasteiger partial charge < -0.3 is 9.80 Å². The molecule has 3 aliphatic rings. The summed E-state index contributed by atoms with van der Waals surface area (Å²) in [6.45, 7) is 3.53. The van der Waals surface area contributed by atoms with Gasteiger partial charge in [-0.25, -0.2) is 14.4 Å². The molecular formula is C25H26FN5OS. The number of likely N-dealkylation sites (tertiary alicyclic amines) is 1. The zero-order valence-corrected chi connectivity index (χ0v) is 19.2. The van der Waals surface area contributed by atoms with Crippen LogP contribution in [0.4, 0.5) is 10.3 Å². The molecule has 6 rings (SSSR count). The SMILES string of the molecule is O=C(CN1CC2CCC(C1)N2c1ncc(F)cn1)N1CC=C(c2csc3ccccc23)CC1. The molecule has 1 aromatic carbocycles. The lowest BCUT2D eigenvalue weighted by Gasteiger charge is -2.41. The number of piperazine rings is 1. The van der Waals surface area contributed by atoms with Gasteiger partial charge >= 0.3 is 0 Å². The molecule has 2 saturated heterocycles. The molecule has 0 N–H and O–H groups in total. The summed E-state index contributed by atoms with van der Waals surface area (Å²) >= 11 is 1.78. The first-order valence-corrected chi connectivity index (χ1v) is 12.5. The molecular weight excluding hydrogens is 437 g/mol. The maximum Gasteiger partial charge on any atom is 0.237 e. The van der Waals surface area contributed by atoms with E-state index in [-0.39, 0.29) is 18.0 Å². The molecule has 0 saturated carbocycles. The second-order valence-electron chi connectivity index (χ2n) is 9.15. The first kappa shape index (κ1) is 20.7. The third kappa shape index (κ3) is 3.91. The number of halogens is 1. The van der Waals surface area contributed by atoms with E-state index in [0.717, 1.165) is 38.9 Å². The summed E-state index contributed by atoms with van der Waals surface area (Å²) in [5, 5.41) is 3.56. The van der Waals surface area contributed by atoms with Crippen molar-refractivity contribution in [2.45, 2.75) is 31.3 Å². The van der Waals surface area contributed by atoms with Crippen molar-refractivity contribution in [1.29, 1.82) is 0 Å². The van der Waals surface area contributed by atoms with Crippen LogP contribution < -0.4 is 4.90 Å². The predicted octanol–water partition coefficient (Wildman–Crippen LogP) is 3.80. The highest BCUT2D eigenvalue weighted by atomic mass is 32.1. The monoisotopic (exact) mass is 463 g/mol. The standard InChI is InChI=1S/C25H26FN5OS/c26-18-11-27-25(28-12-18)31-19-5-6-20(31)14-29(13-19)15-24(32)30-9-7-17(8-10-30)22-16-33-23-4-2-1-3-21(22)23/h1-4,7,11-12,16,19-20H,5-6,8-10,13-15H2. The highest BCUT2D eigenvalue weighted by Gasteiger charge is 2.41.